The maximum Gasteiger partial charge on any atom is 0.311 e. The molecule has 0 unspecified atom stereocenters. The van der Waals surface area contributed by atoms with Gasteiger partial charge in [0, 0.05) is 27.0 Å². The summed E-state index contributed by atoms with van der Waals surface area (Å²) in [6.07, 6.45) is 1.61. The van der Waals surface area contributed by atoms with Gasteiger partial charge in [0.25, 0.3) is 0 Å². The third kappa shape index (κ3) is 3.05. The van der Waals surface area contributed by atoms with E-state index in [1.165, 1.54) is 6.07 Å². The van der Waals surface area contributed by atoms with Crippen LogP contribution in [0.25, 0.3) is 0 Å². The predicted octanol–water partition coefficient (Wildman–Crippen LogP) is 3.73. The van der Waals surface area contributed by atoms with E-state index in [1.54, 1.807) is 24.5 Å². The lowest BCUT2D eigenvalue weighted by atomic mass is 10.3. The molecule has 0 aliphatic heterocycles. The minimum atomic E-state index is -0.424. The molecular formula is C11H10BrN3O2S. The Morgan fingerprint density at radius 3 is 2.94 bits per heavy atom. The summed E-state index contributed by atoms with van der Waals surface area (Å²) in [7, 11) is 0. The standard InChI is InChI=1S/C11H10BrN3O2S/c1-7-2-10(15(16)17)11(13-4-7)14-5-9-3-8(12)6-18-9/h2-4,6H,5H2,1H3,(H,13,14). The van der Waals surface area contributed by atoms with Crippen LogP contribution in [0, 0.1) is 17.0 Å². The van der Waals surface area contributed by atoms with Crippen LogP contribution in [-0.2, 0) is 6.54 Å². The highest BCUT2D eigenvalue weighted by atomic mass is 79.9. The smallest absolute Gasteiger partial charge is 0.311 e. The number of thiophene rings is 1. The summed E-state index contributed by atoms with van der Waals surface area (Å²) in [5, 5.41) is 15.9. The van der Waals surface area contributed by atoms with Crippen molar-refractivity contribution in [2.45, 2.75) is 13.5 Å². The average molecular weight is 328 g/mol. The molecule has 1 N–H and O–H groups in total. The summed E-state index contributed by atoms with van der Waals surface area (Å²) in [4.78, 5) is 15.6. The molecule has 0 spiro atoms. The molecule has 94 valence electrons. The van der Waals surface area contributed by atoms with E-state index in [4.69, 9.17) is 0 Å². The second kappa shape index (κ2) is 5.45. The number of hydrogen-bond donors (Lipinski definition) is 1. The maximum absolute atomic E-state index is 10.9. The van der Waals surface area contributed by atoms with Gasteiger partial charge in [0.05, 0.1) is 11.5 Å². The molecule has 0 saturated heterocycles. The zero-order valence-electron chi connectivity index (χ0n) is 9.51. The molecule has 0 aromatic carbocycles. The molecule has 2 heterocycles. The monoisotopic (exact) mass is 327 g/mol. The van der Waals surface area contributed by atoms with E-state index < -0.39 is 4.92 Å². The molecule has 0 saturated carbocycles. The molecule has 0 amide bonds. The summed E-state index contributed by atoms with van der Waals surface area (Å²) in [6, 6.07) is 3.48. The maximum atomic E-state index is 10.9. The molecule has 0 radical (unpaired) electrons. The molecular weight excluding hydrogens is 318 g/mol. The molecule has 5 nitrogen and oxygen atoms in total. The van der Waals surface area contributed by atoms with Gasteiger partial charge in [0.1, 0.15) is 0 Å². The molecule has 0 bridgehead atoms. The summed E-state index contributed by atoms with van der Waals surface area (Å²) < 4.78 is 1.01. The topological polar surface area (TPSA) is 68.1 Å². The van der Waals surface area contributed by atoms with Crippen molar-refractivity contribution < 1.29 is 4.92 Å². The number of pyridine rings is 1. The van der Waals surface area contributed by atoms with Crippen molar-refractivity contribution in [3.05, 3.63) is 48.7 Å². The second-order valence-corrected chi connectivity index (χ2v) is 5.63. The summed E-state index contributed by atoms with van der Waals surface area (Å²) in [5.74, 6) is 0.301. The molecule has 2 aromatic rings. The van der Waals surface area contributed by atoms with Crippen molar-refractivity contribution in [1.82, 2.24) is 4.98 Å². The fourth-order valence-electron chi connectivity index (χ4n) is 1.45. The zero-order chi connectivity index (χ0) is 13.1. The van der Waals surface area contributed by atoms with Crippen molar-refractivity contribution in [1.29, 1.82) is 0 Å². The van der Waals surface area contributed by atoms with Crippen LogP contribution < -0.4 is 5.32 Å². The van der Waals surface area contributed by atoms with Crippen molar-refractivity contribution in [3.63, 3.8) is 0 Å². The summed E-state index contributed by atoms with van der Waals surface area (Å²) >= 11 is 4.94. The number of nitro groups is 1. The second-order valence-electron chi connectivity index (χ2n) is 3.72. The number of aromatic nitrogens is 1. The van der Waals surface area contributed by atoms with E-state index >= 15 is 0 Å². The highest BCUT2D eigenvalue weighted by Crippen LogP contribution is 2.25. The van der Waals surface area contributed by atoms with E-state index in [2.05, 4.69) is 26.2 Å². The lowest BCUT2D eigenvalue weighted by Gasteiger charge is -2.05. The molecule has 0 aliphatic rings. The first-order valence-corrected chi connectivity index (χ1v) is 6.81. The molecule has 2 aromatic heterocycles. The Morgan fingerprint density at radius 2 is 2.33 bits per heavy atom. The van der Waals surface area contributed by atoms with Gasteiger partial charge in [0.2, 0.25) is 5.82 Å². The fraction of sp³-hybridized carbons (Fsp3) is 0.182. The van der Waals surface area contributed by atoms with E-state index in [0.29, 0.717) is 12.4 Å². The van der Waals surface area contributed by atoms with Crippen molar-refractivity contribution in [3.8, 4) is 0 Å². The first-order chi connectivity index (χ1) is 8.56. The Bertz CT molecular complexity index is 585. The Hall–Kier alpha value is -1.47. The van der Waals surface area contributed by atoms with Gasteiger partial charge in [-0.05, 0) is 34.5 Å². The molecule has 0 fully saturated rings. The Balaban J connectivity index is 2.16. The van der Waals surface area contributed by atoms with Crippen LogP contribution in [0.5, 0.6) is 0 Å². The van der Waals surface area contributed by atoms with Gasteiger partial charge in [-0.1, -0.05) is 0 Å². The van der Waals surface area contributed by atoms with E-state index in [0.717, 1.165) is 14.9 Å². The number of rotatable bonds is 4. The molecule has 2 rings (SSSR count). The number of aryl methyl sites for hydroxylation is 1. The van der Waals surface area contributed by atoms with Gasteiger partial charge >= 0.3 is 5.69 Å². The van der Waals surface area contributed by atoms with Gasteiger partial charge in [-0.3, -0.25) is 10.1 Å². The highest BCUT2D eigenvalue weighted by molar-refractivity contribution is 9.10. The first kappa shape index (κ1) is 13.0. The third-order valence-corrected chi connectivity index (χ3v) is 3.95. The lowest BCUT2D eigenvalue weighted by molar-refractivity contribution is -0.384. The van der Waals surface area contributed by atoms with Crippen LogP contribution >= 0.6 is 27.3 Å². The van der Waals surface area contributed by atoms with Gasteiger partial charge in [0.15, 0.2) is 0 Å². The average Bonchev–Trinajstić information content (AvgIpc) is 2.73. The van der Waals surface area contributed by atoms with Crippen molar-refractivity contribution >= 4 is 38.8 Å². The Labute approximate surface area is 116 Å². The third-order valence-electron chi connectivity index (χ3n) is 2.25. The summed E-state index contributed by atoms with van der Waals surface area (Å²) in [6.45, 7) is 2.30. The van der Waals surface area contributed by atoms with E-state index in [-0.39, 0.29) is 5.69 Å². The van der Waals surface area contributed by atoms with Crippen LogP contribution in [0.3, 0.4) is 0 Å². The van der Waals surface area contributed by atoms with E-state index in [9.17, 15) is 10.1 Å². The Morgan fingerprint density at radius 1 is 1.56 bits per heavy atom. The lowest BCUT2D eigenvalue weighted by Crippen LogP contribution is -2.04. The van der Waals surface area contributed by atoms with Crippen LogP contribution in [0.4, 0.5) is 11.5 Å². The largest absolute Gasteiger partial charge is 0.359 e. The van der Waals surface area contributed by atoms with Gasteiger partial charge in [-0.2, -0.15) is 0 Å². The molecule has 18 heavy (non-hydrogen) atoms. The van der Waals surface area contributed by atoms with E-state index in [1.807, 2.05) is 11.4 Å². The minimum Gasteiger partial charge on any atom is -0.359 e. The van der Waals surface area contributed by atoms with Crippen LogP contribution in [0.15, 0.2) is 28.2 Å². The van der Waals surface area contributed by atoms with Crippen LogP contribution in [0.1, 0.15) is 10.4 Å². The number of nitrogens with one attached hydrogen (secondary N) is 1. The van der Waals surface area contributed by atoms with Crippen LogP contribution in [-0.4, -0.2) is 9.91 Å². The van der Waals surface area contributed by atoms with Gasteiger partial charge in [-0.15, -0.1) is 11.3 Å². The SMILES string of the molecule is Cc1cnc(NCc2cc(Br)cs2)c([N+](=O)[O-])c1. The quantitative estimate of drug-likeness (QED) is 0.686. The zero-order valence-corrected chi connectivity index (χ0v) is 11.9. The number of hydrogen-bond acceptors (Lipinski definition) is 5. The van der Waals surface area contributed by atoms with Crippen molar-refractivity contribution in [2.75, 3.05) is 5.32 Å². The highest BCUT2D eigenvalue weighted by Gasteiger charge is 2.15. The number of halogens is 1. The molecule has 7 heteroatoms. The molecule has 0 aliphatic carbocycles. The van der Waals surface area contributed by atoms with Crippen LogP contribution in [0.2, 0.25) is 0 Å². The first-order valence-electron chi connectivity index (χ1n) is 5.14. The summed E-state index contributed by atoms with van der Waals surface area (Å²) in [5.41, 5.74) is 0.775. The van der Waals surface area contributed by atoms with Crippen molar-refractivity contribution in [2.24, 2.45) is 0 Å². The van der Waals surface area contributed by atoms with Gasteiger partial charge in [-0.25, -0.2) is 4.98 Å². The Kier molecular flexibility index (Phi) is 3.93. The number of anilines is 1. The predicted molar refractivity (Wildman–Crippen MR) is 75.0 cm³/mol. The van der Waals surface area contributed by atoms with Gasteiger partial charge < -0.3 is 5.32 Å². The normalized spacial score (nSPS) is 10.3. The molecule has 0 atom stereocenters. The minimum absolute atomic E-state index is 0.00521. The number of nitrogens with zero attached hydrogens (tertiary/aromatic N) is 2. The fourth-order valence-corrected chi connectivity index (χ4v) is 2.84.